The topological polar surface area (TPSA) is 42.0 Å². The summed E-state index contributed by atoms with van der Waals surface area (Å²) in [6.45, 7) is 0. The SMILES string of the molecule is O=Cc1ccc(Nc2c(F)cccc2F)nc1Br. The molecule has 3 nitrogen and oxygen atoms in total. The fraction of sp³-hybridized carbons (Fsp3) is 0. The first-order chi connectivity index (χ1) is 8.61. The van der Waals surface area contributed by atoms with E-state index in [0.29, 0.717) is 16.5 Å². The molecule has 0 unspecified atom stereocenters. The van der Waals surface area contributed by atoms with E-state index in [4.69, 9.17) is 0 Å². The second-order valence-electron chi connectivity index (χ2n) is 3.42. The van der Waals surface area contributed by atoms with E-state index in [1.54, 1.807) is 0 Å². The summed E-state index contributed by atoms with van der Waals surface area (Å²) in [5, 5.41) is 2.53. The summed E-state index contributed by atoms with van der Waals surface area (Å²) in [7, 11) is 0. The number of halogens is 3. The first-order valence-corrected chi connectivity index (χ1v) is 5.74. The van der Waals surface area contributed by atoms with Crippen molar-refractivity contribution < 1.29 is 13.6 Å². The van der Waals surface area contributed by atoms with Crippen LogP contribution in [0.1, 0.15) is 10.4 Å². The Balaban J connectivity index is 2.34. The van der Waals surface area contributed by atoms with E-state index in [9.17, 15) is 13.6 Å². The number of nitrogens with one attached hydrogen (secondary N) is 1. The van der Waals surface area contributed by atoms with Crippen LogP contribution in [0.25, 0.3) is 0 Å². The fourth-order valence-electron chi connectivity index (χ4n) is 1.35. The number of hydrogen-bond acceptors (Lipinski definition) is 3. The molecule has 1 heterocycles. The van der Waals surface area contributed by atoms with Gasteiger partial charge in [-0.25, -0.2) is 13.8 Å². The van der Waals surface area contributed by atoms with E-state index in [1.807, 2.05) is 0 Å². The molecule has 0 radical (unpaired) electrons. The molecule has 1 aromatic carbocycles. The number of carbonyl (C=O) groups is 1. The summed E-state index contributed by atoms with van der Waals surface area (Å²) >= 11 is 3.09. The third kappa shape index (κ3) is 2.53. The Labute approximate surface area is 110 Å². The molecule has 18 heavy (non-hydrogen) atoms. The molecular formula is C12H7BrF2N2O. The molecule has 0 bridgehead atoms. The molecule has 0 fully saturated rings. The molecule has 0 atom stereocenters. The molecular weight excluding hydrogens is 306 g/mol. The first-order valence-electron chi connectivity index (χ1n) is 4.94. The van der Waals surface area contributed by atoms with Crippen molar-refractivity contribution in [3.63, 3.8) is 0 Å². The van der Waals surface area contributed by atoms with Gasteiger partial charge in [0, 0.05) is 5.56 Å². The Morgan fingerprint density at radius 2 is 1.83 bits per heavy atom. The molecule has 0 aliphatic carbocycles. The number of anilines is 2. The molecule has 6 heteroatoms. The van der Waals surface area contributed by atoms with Gasteiger partial charge in [0.25, 0.3) is 0 Å². The van der Waals surface area contributed by atoms with Crippen LogP contribution in [0.3, 0.4) is 0 Å². The smallest absolute Gasteiger partial charge is 0.152 e. The van der Waals surface area contributed by atoms with Gasteiger partial charge in [-0.3, -0.25) is 4.79 Å². The summed E-state index contributed by atoms with van der Waals surface area (Å²) in [5.74, 6) is -1.20. The van der Waals surface area contributed by atoms with Crippen molar-refractivity contribution in [3.8, 4) is 0 Å². The highest BCUT2D eigenvalue weighted by Crippen LogP contribution is 2.23. The standard InChI is InChI=1S/C12H7BrF2N2O/c13-12-7(6-18)4-5-10(17-12)16-11-8(14)2-1-3-9(11)15/h1-6H,(H,16,17). The molecule has 2 aromatic rings. The Morgan fingerprint density at radius 1 is 1.17 bits per heavy atom. The average Bonchev–Trinajstić information content (AvgIpc) is 2.34. The number of hydrogen-bond donors (Lipinski definition) is 1. The van der Waals surface area contributed by atoms with Crippen molar-refractivity contribution in [2.75, 3.05) is 5.32 Å². The van der Waals surface area contributed by atoms with Crippen LogP contribution in [-0.4, -0.2) is 11.3 Å². The Morgan fingerprint density at radius 3 is 2.39 bits per heavy atom. The van der Waals surface area contributed by atoms with Crippen molar-refractivity contribution in [1.29, 1.82) is 0 Å². The predicted octanol–water partition coefficient (Wildman–Crippen LogP) is 3.68. The van der Waals surface area contributed by atoms with Crippen LogP contribution in [-0.2, 0) is 0 Å². The molecule has 1 aromatic heterocycles. The molecule has 0 spiro atoms. The third-order valence-corrected chi connectivity index (χ3v) is 2.86. The van der Waals surface area contributed by atoms with Gasteiger partial charge in [0.15, 0.2) is 6.29 Å². The van der Waals surface area contributed by atoms with E-state index in [2.05, 4.69) is 26.2 Å². The summed E-state index contributed by atoms with van der Waals surface area (Å²) in [5.41, 5.74) is 0.0744. The van der Waals surface area contributed by atoms with Gasteiger partial charge in [0.2, 0.25) is 0 Å². The zero-order valence-electron chi connectivity index (χ0n) is 8.95. The summed E-state index contributed by atoms with van der Waals surface area (Å²) in [6.07, 6.45) is 0.630. The van der Waals surface area contributed by atoms with Gasteiger partial charge in [0.1, 0.15) is 27.7 Å². The van der Waals surface area contributed by atoms with Crippen LogP contribution in [0.15, 0.2) is 34.9 Å². The number of aldehydes is 1. The number of pyridine rings is 1. The van der Waals surface area contributed by atoms with Crippen molar-refractivity contribution in [2.45, 2.75) is 0 Å². The van der Waals surface area contributed by atoms with Crippen LogP contribution in [0.4, 0.5) is 20.3 Å². The lowest BCUT2D eigenvalue weighted by Gasteiger charge is -2.08. The molecule has 2 rings (SSSR count). The molecule has 0 amide bonds. The minimum atomic E-state index is -0.715. The number of benzene rings is 1. The van der Waals surface area contributed by atoms with Gasteiger partial charge in [-0.2, -0.15) is 0 Å². The van der Waals surface area contributed by atoms with E-state index >= 15 is 0 Å². The first kappa shape index (κ1) is 12.6. The molecule has 92 valence electrons. The van der Waals surface area contributed by atoms with Crippen LogP contribution in [0, 0.1) is 11.6 Å². The summed E-state index contributed by atoms with van der Waals surface area (Å²) in [6, 6.07) is 6.50. The Kier molecular flexibility index (Phi) is 3.66. The lowest BCUT2D eigenvalue weighted by Crippen LogP contribution is -2.00. The van der Waals surface area contributed by atoms with Crippen molar-refractivity contribution in [3.05, 3.63) is 52.1 Å². The number of rotatable bonds is 3. The van der Waals surface area contributed by atoms with Crippen LogP contribution in [0.5, 0.6) is 0 Å². The molecule has 1 N–H and O–H groups in total. The van der Waals surface area contributed by atoms with Gasteiger partial charge >= 0.3 is 0 Å². The zero-order chi connectivity index (χ0) is 13.1. The van der Waals surface area contributed by atoms with Crippen molar-refractivity contribution in [1.82, 2.24) is 4.98 Å². The van der Waals surface area contributed by atoms with E-state index in [1.165, 1.54) is 18.2 Å². The van der Waals surface area contributed by atoms with Gasteiger partial charge in [-0.1, -0.05) is 6.07 Å². The van der Waals surface area contributed by atoms with E-state index in [-0.39, 0.29) is 11.5 Å². The normalized spacial score (nSPS) is 10.2. The maximum atomic E-state index is 13.4. The second kappa shape index (κ2) is 5.22. The molecule has 0 saturated carbocycles. The number of nitrogens with zero attached hydrogens (tertiary/aromatic N) is 1. The highest BCUT2D eigenvalue weighted by molar-refractivity contribution is 9.10. The summed E-state index contributed by atoms with van der Waals surface area (Å²) < 4.78 is 27.1. The fourth-order valence-corrected chi connectivity index (χ4v) is 1.76. The maximum Gasteiger partial charge on any atom is 0.152 e. The lowest BCUT2D eigenvalue weighted by molar-refractivity contribution is 0.112. The van der Waals surface area contributed by atoms with Gasteiger partial charge in [-0.15, -0.1) is 0 Å². The predicted molar refractivity (Wildman–Crippen MR) is 67.0 cm³/mol. The monoisotopic (exact) mass is 312 g/mol. The molecule has 0 saturated heterocycles. The van der Waals surface area contributed by atoms with Crippen LogP contribution < -0.4 is 5.32 Å². The van der Waals surface area contributed by atoms with Crippen molar-refractivity contribution >= 4 is 33.7 Å². The molecule has 0 aliphatic heterocycles. The van der Waals surface area contributed by atoms with Gasteiger partial charge < -0.3 is 5.32 Å². The summed E-state index contributed by atoms with van der Waals surface area (Å²) in [4.78, 5) is 14.6. The zero-order valence-corrected chi connectivity index (χ0v) is 10.5. The van der Waals surface area contributed by atoms with Gasteiger partial charge in [0.05, 0.1) is 0 Å². The second-order valence-corrected chi connectivity index (χ2v) is 4.17. The lowest BCUT2D eigenvalue weighted by atomic mass is 10.2. The Bertz CT molecular complexity index is 584. The van der Waals surface area contributed by atoms with E-state index < -0.39 is 11.6 Å². The van der Waals surface area contributed by atoms with E-state index in [0.717, 1.165) is 12.1 Å². The molecule has 0 aliphatic rings. The van der Waals surface area contributed by atoms with Gasteiger partial charge in [-0.05, 0) is 40.2 Å². The minimum Gasteiger partial charge on any atom is -0.335 e. The maximum absolute atomic E-state index is 13.4. The third-order valence-electron chi connectivity index (χ3n) is 2.22. The number of para-hydroxylation sites is 1. The Hall–Kier alpha value is -1.82. The largest absolute Gasteiger partial charge is 0.335 e. The van der Waals surface area contributed by atoms with Crippen LogP contribution >= 0.6 is 15.9 Å². The number of aromatic nitrogens is 1. The highest BCUT2D eigenvalue weighted by Gasteiger charge is 2.10. The highest BCUT2D eigenvalue weighted by atomic mass is 79.9. The van der Waals surface area contributed by atoms with Crippen molar-refractivity contribution in [2.24, 2.45) is 0 Å². The minimum absolute atomic E-state index is 0.233. The number of carbonyl (C=O) groups excluding carboxylic acids is 1. The average molecular weight is 313 g/mol. The quantitative estimate of drug-likeness (QED) is 0.694. The van der Waals surface area contributed by atoms with Crippen LogP contribution in [0.2, 0.25) is 0 Å².